The summed E-state index contributed by atoms with van der Waals surface area (Å²) in [7, 11) is 0. The van der Waals surface area contributed by atoms with Crippen LogP contribution in [0.4, 0.5) is 10.5 Å². The average molecular weight is 345 g/mol. The van der Waals surface area contributed by atoms with Crippen molar-refractivity contribution in [1.82, 2.24) is 10.2 Å². The lowest BCUT2D eigenvalue weighted by Gasteiger charge is -2.22. The number of urea groups is 1. The smallest absolute Gasteiger partial charge is 0.319 e. The van der Waals surface area contributed by atoms with Gasteiger partial charge in [-0.25, -0.2) is 4.79 Å². The number of carbonyl (C=O) groups is 2. The molecule has 0 spiro atoms. The van der Waals surface area contributed by atoms with Gasteiger partial charge in [0.15, 0.2) is 0 Å². The lowest BCUT2D eigenvalue weighted by atomic mass is 10.2. The van der Waals surface area contributed by atoms with Crippen LogP contribution in [0.25, 0.3) is 0 Å². The number of nitrogens with one attached hydrogen (secondary N) is 2. The highest BCUT2D eigenvalue weighted by molar-refractivity contribution is 5.91. The van der Waals surface area contributed by atoms with Crippen molar-refractivity contribution in [1.29, 1.82) is 0 Å². The van der Waals surface area contributed by atoms with Crippen molar-refractivity contribution in [2.75, 3.05) is 18.4 Å². The van der Waals surface area contributed by atoms with Crippen LogP contribution < -0.4 is 15.4 Å². The Morgan fingerprint density at radius 3 is 2.76 bits per heavy atom. The summed E-state index contributed by atoms with van der Waals surface area (Å²) < 4.78 is 6.04. The number of hydrogen-bond acceptors (Lipinski definition) is 3. The number of carbonyl (C=O) groups excluding carboxylic acids is 2. The van der Waals surface area contributed by atoms with Crippen LogP contribution in [0.2, 0.25) is 0 Å². The monoisotopic (exact) mass is 345 g/mol. The second-order valence-electron chi connectivity index (χ2n) is 6.96. The molecular weight excluding hydrogens is 318 g/mol. The highest BCUT2D eigenvalue weighted by atomic mass is 16.5. The maximum atomic E-state index is 12.3. The fourth-order valence-electron chi connectivity index (χ4n) is 3.51. The summed E-state index contributed by atoms with van der Waals surface area (Å²) in [5.41, 5.74) is 0.677. The summed E-state index contributed by atoms with van der Waals surface area (Å²) >= 11 is 0. The molecule has 1 heterocycles. The van der Waals surface area contributed by atoms with Crippen molar-refractivity contribution < 1.29 is 14.3 Å². The van der Waals surface area contributed by atoms with E-state index in [2.05, 4.69) is 10.6 Å². The summed E-state index contributed by atoms with van der Waals surface area (Å²) in [5.74, 6) is 0.885. The Kier molecular flexibility index (Phi) is 5.79. The molecule has 1 atom stereocenters. The van der Waals surface area contributed by atoms with E-state index in [0.29, 0.717) is 24.4 Å². The molecule has 1 aliphatic carbocycles. The number of ether oxygens (including phenoxy) is 1. The van der Waals surface area contributed by atoms with E-state index in [1.807, 2.05) is 36.1 Å². The van der Waals surface area contributed by atoms with E-state index in [0.717, 1.165) is 25.8 Å². The molecular formula is C19H27N3O3. The van der Waals surface area contributed by atoms with E-state index in [1.54, 1.807) is 0 Å². The van der Waals surface area contributed by atoms with Gasteiger partial charge in [-0.3, -0.25) is 4.79 Å². The maximum absolute atomic E-state index is 12.3. The number of anilines is 1. The zero-order chi connectivity index (χ0) is 17.6. The van der Waals surface area contributed by atoms with Crippen LogP contribution in [0.15, 0.2) is 24.3 Å². The summed E-state index contributed by atoms with van der Waals surface area (Å²) in [6, 6.07) is 7.14. The Morgan fingerprint density at radius 1 is 1.28 bits per heavy atom. The van der Waals surface area contributed by atoms with Crippen molar-refractivity contribution in [2.24, 2.45) is 0 Å². The van der Waals surface area contributed by atoms with Gasteiger partial charge in [-0.05, 0) is 51.2 Å². The molecule has 1 aromatic carbocycles. The third-order valence-electron chi connectivity index (χ3n) is 4.77. The van der Waals surface area contributed by atoms with E-state index in [4.69, 9.17) is 4.74 Å². The van der Waals surface area contributed by atoms with Crippen LogP contribution >= 0.6 is 0 Å². The third-order valence-corrected chi connectivity index (χ3v) is 4.77. The van der Waals surface area contributed by atoms with Gasteiger partial charge in [-0.1, -0.05) is 12.1 Å². The first kappa shape index (κ1) is 17.6. The Hall–Kier alpha value is -2.24. The van der Waals surface area contributed by atoms with E-state index in [-0.39, 0.29) is 24.1 Å². The highest BCUT2D eigenvalue weighted by Gasteiger charge is 2.23. The van der Waals surface area contributed by atoms with E-state index >= 15 is 0 Å². The molecule has 6 heteroatoms. The van der Waals surface area contributed by atoms with Gasteiger partial charge in [0.05, 0.1) is 11.8 Å². The second-order valence-corrected chi connectivity index (χ2v) is 6.96. The van der Waals surface area contributed by atoms with Gasteiger partial charge in [0, 0.05) is 25.6 Å². The van der Waals surface area contributed by atoms with Gasteiger partial charge in [0.1, 0.15) is 5.75 Å². The van der Waals surface area contributed by atoms with Crippen LogP contribution in [0, 0.1) is 0 Å². The second kappa shape index (κ2) is 8.23. The largest absolute Gasteiger partial charge is 0.488 e. The highest BCUT2D eigenvalue weighted by Crippen LogP contribution is 2.29. The maximum Gasteiger partial charge on any atom is 0.319 e. The molecule has 2 aliphatic rings. The van der Waals surface area contributed by atoms with Crippen LogP contribution in [-0.4, -0.2) is 42.1 Å². The fraction of sp³-hybridized carbons (Fsp3) is 0.579. The normalized spacial score (nSPS) is 19.1. The number of para-hydroxylation sites is 2. The van der Waals surface area contributed by atoms with Gasteiger partial charge in [0.25, 0.3) is 0 Å². The van der Waals surface area contributed by atoms with E-state index < -0.39 is 0 Å². The number of rotatable bonds is 6. The van der Waals surface area contributed by atoms with Crippen molar-refractivity contribution in [3.8, 4) is 5.75 Å². The molecule has 6 nitrogen and oxygen atoms in total. The molecule has 136 valence electrons. The zero-order valence-corrected chi connectivity index (χ0v) is 14.8. The van der Waals surface area contributed by atoms with Crippen molar-refractivity contribution in [2.45, 2.75) is 57.6 Å². The van der Waals surface area contributed by atoms with Crippen molar-refractivity contribution in [3.63, 3.8) is 0 Å². The Bertz CT molecular complexity index is 614. The predicted octanol–water partition coefficient (Wildman–Crippen LogP) is 3.14. The number of nitrogens with zero attached hydrogens (tertiary/aromatic N) is 1. The van der Waals surface area contributed by atoms with Crippen LogP contribution in [0.5, 0.6) is 5.75 Å². The molecule has 1 saturated carbocycles. The molecule has 0 bridgehead atoms. The van der Waals surface area contributed by atoms with Gasteiger partial charge in [0.2, 0.25) is 5.91 Å². The number of hydrogen-bond donors (Lipinski definition) is 2. The topological polar surface area (TPSA) is 70.7 Å². The quantitative estimate of drug-likeness (QED) is 0.832. The molecule has 2 N–H and O–H groups in total. The van der Waals surface area contributed by atoms with Crippen molar-refractivity contribution >= 4 is 17.6 Å². The minimum absolute atomic E-state index is 0.107. The van der Waals surface area contributed by atoms with Crippen molar-refractivity contribution in [3.05, 3.63) is 24.3 Å². The van der Waals surface area contributed by atoms with E-state index in [1.165, 1.54) is 12.8 Å². The number of benzene rings is 1. The van der Waals surface area contributed by atoms with Crippen LogP contribution in [-0.2, 0) is 4.79 Å². The lowest BCUT2D eigenvalue weighted by Crippen LogP contribution is -2.44. The molecule has 25 heavy (non-hydrogen) atoms. The summed E-state index contributed by atoms with van der Waals surface area (Å²) in [5, 5.41) is 5.77. The summed E-state index contributed by atoms with van der Waals surface area (Å²) in [6.45, 7) is 3.24. The van der Waals surface area contributed by atoms with Gasteiger partial charge in [-0.15, -0.1) is 0 Å². The van der Waals surface area contributed by atoms with Gasteiger partial charge < -0.3 is 20.3 Å². The molecule has 0 aromatic heterocycles. The van der Waals surface area contributed by atoms with Gasteiger partial charge >= 0.3 is 6.03 Å². The Balaban J connectivity index is 1.52. The average Bonchev–Trinajstić information content (AvgIpc) is 3.22. The molecule has 1 aliphatic heterocycles. The molecule has 0 unspecified atom stereocenters. The molecule has 1 aromatic rings. The minimum Gasteiger partial charge on any atom is -0.488 e. The lowest BCUT2D eigenvalue weighted by molar-refractivity contribution is -0.127. The number of amides is 3. The first-order chi connectivity index (χ1) is 12.1. The molecule has 1 saturated heterocycles. The summed E-state index contributed by atoms with van der Waals surface area (Å²) in [6.07, 6.45) is 6.31. The first-order valence-corrected chi connectivity index (χ1v) is 9.23. The predicted molar refractivity (Wildman–Crippen MR) is 96.8 cm³/mol. The molecule has 3 amide bonds. The van der Waals surface area contributed by atoms with E-state index in [9.17, 15) is 9.59 Å². The first-order valence-electron chi connectivity index (χ1n) is 9.23. The Labute approximate surface area is 148 Å². The molecule has 2 fully saturated rings. The third kappa shape index (κ3) is 4.87. The molecule has 3 rings (SSSR count). The fourth-order valence-corrected chi connectivity index (χ4v) is 3.51. The standard InChI is InChI=1S/C19H27N3O3/c1-14(13-22-12-6-11-18(22)23)20-19(24)21-16-9-4-5-10-17(16)25-15-7-2-3-8-15/h4-5,9-10,14-15H,2-3,6-8,11-13H2,1H3,(H2,20,21,24)/t14-/m0/s1. The van der Waals surface area contributed by atoms with Crippen LogP contribution in [0.3, 0.4) is 0 Å². The SMILES string of the molecule is C[C@@H](CN1CCCC1=O)NC(=O)Nc1ccccc1OC1CCCC1. The van der Waals surface area contributed by atoms with Gasteiger partial charge in [-0.2, -0.15) is 0 Å². The van der Waals surface area contributed by atoms with Crippen LogP contribution in [0.1, 0.15) is 45.4 Å². The number of likely N-dealkylation sites (tertiary alicyclic amines) is 1. The Morgan fingerprint density at radius 2 is 2.04 bits per heavy atom. The summed E-state index contributed by atoms with van der Waals surface area (Å²) in [4.78, 5) is 25.8. The zero-order valence-electron chi connectivity index (χ0n) is 14.8. The molecule has 0 radical (unpaired) electrons. The minimum atomic E-state index is -0.276.